The molecule has 2 heteroatoms. The zero-order valence-electron chi connectivity index (χ0n) is 12.7. The van der Waals surface area contributed by atoms with Gasteiger partial charge < -0.3 is 9.80 Å². The molecule has 104 valence electrons. The van der Waals surface area contributed by atoms with Gasteiger partial charge in [-0.3, -0.25) is 0 Å². The van der Waals surface area contributed by atoms with E-state index in [0.29, 0.717) is 0 Å². The van der Waals surface area contributed by atoms with Crippen LogP contribution >= 0.6 is 0 Å². The van der Waals surface area contributed by atoms with E-state index in [-0.39, 0.29) is 0 Å². The lowest BCUT2D eigenvalue weighted by Crippen LogP contribution is -2.26. The van der Waals surface area contributed by atoms with E-state index in [9.17, 15) is 0 Å². The number of hydrogen-bond donors (Lipinski definition) is 0. The molecule has 1 aliphatic rings. The summed E-state index contributed by atoms with van der Waals surface area (Å²) in [6.45, 7) is 11.0. The van der Waals surface area contributed by atoms with Crippen LogP contribution in [0.4, 0.5) is 5.69 Å². The Kier molecular flexibility index (Phi) is 4.52. The molecule has 0 saturated carbocycles. The summed E-state index contributed by atoms with van der Waals surface area (Å²) in [5, 5.41) is 0. The quantitative estimate of drug-likeness (QED) is 0.724. The van der Waals surface area contributed by atoms with Crippen molar-refractivity contribution < 1.29 is 0 Å². The highest BCUT2D eigenvalue weighted by Gasteiger charge is 2.17. The van der Waals surface area contributed by atoms with Gasteiger partial charge in [0.1, 0.15) is 0 Å². The molecule has 0 saturated heterocycles. The zero-order chi connectivity index (χ0) is 13.8. The van der Waals surface area contributed by atoms with Crippen LogP contribution in [-0.2, 0) is 0 Å². The first-order chi connectivity index (χ1) is 9.11. The third-order valence-electron chi connectivity index (χ3n) is 3.76. The summed E-state index contributed by atoms with van der Waals surface area (Å²) in [4.78, 5) is 4.78. The molecule has 0 aromatic heterocycles. The number of anilines is 1. The van der Waals surface area contributed by atoms with Crippen LogP contribution in [0.25, 0.3) is 0 Å². The second kappa shape index (κ2) is 6.14. The summed E-state index contributed by atoms with van der Waals surface area (Å²) in [6, 6.07) is 4.55. The third-order valence-corrected chi connectivity index (χ3v) is 3.76. The molecule has 0 N–H and O–H groups in total. The van der Waals surface area contributed by atoms with Gasteiger partial charge in [-0.25, -0.2) is 0 Å². The minimum absolute atomic E-state index is 0.994. The van der Waals surface area contributed by atoms with Gasteiger partial charge in [0, 0.05) is 24.6 Å². The second-order valence-electron chi connectivity index (χ2n) is 5.68. The molecular formula is C17H26N2. The molecular weight excluding hydrogens is 232 g/mol. The fraction of sp³-hybridized carbons (Fsp3) is 0.529. The Labute approximate surface area is 117 Å². The minimum Gasteiger partial charge on any atom is -0.358 e. The van der Waals surface area contributed by atoms with Gasteiger partial charge in [0.2, 0.25) is 0 Å². The zero-order valence-corrected chi connectivity index (χ0v) is 12.7. The maximum Gasteiger partial charge on any atom is 0.0942 e. The molecule has 2 nitrogen and oxygen atoms in total. The molecule has 0 fully saturated rings. The summed E-state index contributed by atoms with van der Waals surface area (Å²) >= 11 is 0. The predicted molar refractivity (Wildman–Crippen MR) is 83.4 cm³/mol. The first kappa shape index (κ1) is 14.0. The SMILES string of the molecule is CCCCCN1C=CN(c2c(C)cc(C)cc2C)C1. The number of aryl methyl sites for hydroxylation is 3. The summed E-state index contributed by atoms with van der Waals surface area (Å²) in [6.07, 6.45) is 8.36. The average molecular weight is 258 g/mol. The van der Waals surface area contributed by atoms with Gasteiger partial charge in [-0.1, -0.05) is 37.5 Å². The topological polar surface area (TPSA) is 6.48 Å². The lowest BCUT2D eigenvalue weighted by Gasteiger charge is -2.24. The van der Waals surface area contributed by atoms with Gasteiger partial charge in [0.25, 0.3) is 0 Å². The monoisotopic (exact) mass is 258 g/mol. The Balaban J connectivity index is 2.04. The van der Waals surface area contributed by atoms with Crippen molar-refractivity contribution in [3.8, 4) is 0 Å². The van der Waals surface area contributed by atoms with Gasteiger partial charge >= 0.3 is 0 Å². The van der Waals surface area contributed by atoms with E-state index < -0.39 is 0 Å². The third kappa shape index (κ3) is 3.31. The van der Waals surface area contributed by atoms with Crippen LogP contribution in [0.1, 0.15) is 42.9 Å². The number of nitrogens with zero attached hydrogens (tertiary/aromatic N) is 2. The van der Waals surface area contributed by atoms with E-state index in [1.54, 1.807) is 0 Å². The van der Waals surface area contributed by atoms with E-state index in [1.165, 1.54) is 48.2 Å². The van der Waals surface area contributed by atoms with Crippen molar-refractivity contribution in [3.63, 3.8) is 0 Å². The van der Waals surface area contributed by atoms with E-state index >= 15 is 0 Å². The van der Waals surface area contributed by atoms with E-state index in [4.69, 9.17) is 0 Å². The lowest BCUT2D eigenvalue weighted by atomic mass is 10.0. The Hall–Kier alpha value is -1.44. The summed E-state index contributed by atoms with van der Waals surface area (Å²) in [5.41, 5.74) is 5.47. The highest BCUT2D eigenvalue weighted by atomic mass is 15.3. The maximum atomic E-state index is 2.41. The molecule has 19 heavy (non-hydrogen) atoms. The molecule has 1 heterocycles. The largest absolute Gasteiger partial charge is 0.358 e. The molecule has 0 bridgehead atoms. The predicted octanol–water partition coefficient (Wildman–Crippen LogP) is 4.35. The van der Waals surface area contributed by atoms with Crippen molar-refractivity contribution in [2.45, 2.75) is 47.0 Å². The van der Waals surface area contributed by atoms with Gasteiger partial charge in [-0.15, -0.1) is 0 Å². The van der Waals surface area contributed by atoms with Crippen molar-refractivity contribution in [2.75, 3.05) is 18.1 Å². The molecule has 0 radical (unpaired) electrons. The summed E-state index contributed by atoms with van der Waals surface area (Å²) in [7, 11) is 0. The second-order valence-corrected chi connectivity index (χ2v) is 5.68. The van der Waals surface area contributed by atoms with Crippen LogP contribution in [0.2, 0.25) is 0 Å². The van der Waals surface area contributed by atoms with Crippen LogP contribution < -0.4 is 4.90 Å². The maximum absolute atomic E-state index is 2.41. The fourth-order valence-electron chi connectivity index (χ4n) is 2.95. The summed E-state index contributed by atoms with van der Waals surface area (Å²) in [5.74, 6) is 0. The standard InChI is InChI=1S/C17H26N2/c1-5-6-7-8-18-9-10-19(13-18)17-15(3)11-14(2)12-16(17)4/h9-12H,5-8,13H2,1-4H3. The van der Waals surface area contributed by atoms with Crippen molar-refractivity contribution in [3.05, 3.63) is 41.2 Å². The lowest BCUT2D eigenvalue weighted by molar-refractivity contribution is 0.391. The number of benzene rings is 1. The number of unbranched alkanes of at least 4 members (excludes halogenated alkanes) is 2. The van der Waals surface area contributed by atoms with Crippen molar-refractivity contribution in [2.24, 2.45) is 0 Å². The smallest absolute Gasteiger partial charge is 0.0942 e. The van der Waals surface area contributed by atoms with E-state index in [1.807, 2.05) is 0 Å². The highest BCUT2D eigenvalue weighted by Crippen LogP contribution is 2.28. The molecule has 0 unspecified atom stereocenters. The Morgan fingerprint density at radius 1 is 1.00 bits per heavy atom. The van der Waals surface area contributed by atoms with E-state index in [2.05, 4.69) is 62.0 Å². The molecule has 2 rings (SSSR count). The fourth-order valence-corrected chi connectivity index (χ4v) is 2.95. The Bertz CT molecular complexity index is 439. The average Bonchev–Trinajstić information content (AvgIpc) is 2.76. The van der Waals surface area contributed by atoms with Crippen molar-refractivity contribution >= 4 is 5.69 Å². The first-order valence-corrected chi connectivity index (χ1v) is 7.38. The Morgan fingerprint density at radius 2 is 1.68 bits per heavy atom. The van der Waals surface area contributed by atoms with Crippen LogP contribution in [0.5, 0.6) is 0 Å². The van der Waals surface area contributed by atoms with Crippen molar-refractivity contribution in [1.82, 2.24) is 4.90 Å². The molecule has 1 aromatic carbocycles. The number of hydrogen-bond acceptors (Lipinski definition) is 2. The van der Waals surface area contributed by atoms with Crippen LogP contribution in [0.15, 0.2) is 24.5 Å². The number of rotatable bonds is 5. The highest BCUT2D eigenvalue weighted by molar-refractivity contribution is 5.62. The van der Waals surface area contributed by atoms with Crippen molar-refractivity contribution in [1.29, 1.82) is 0 Å². The molecule has 0 spiro atoms. The van der Waals surface area contributed by atoms with E-state index in [0.717, 1.165) is 6.67 Å². The van der Waals surface area contributed by atoms with Gasteiger partial charge in [-0.05, 0) is 38.3 Å². The van der Waals surface area contributed by atoms with Crippen LogP contribution in [-0.4, -0.2) is 18.1 Å². The normalized spacial score (nSPS) is 14.5. The molecule has 0 aliphatic carbocycles. The first-order valence-electron chi connectivity index (χ1n) is 7.38. The van der Waals surface area contributed by atoms with Crippen LogP contribution in [0, 0.1) is 20.8 Å². The summed E-state index contributed by atoms with van der Waals surface area (Å²) < 4.78 is 0. The molecule has 1 aromatic rings. The van der Waals surface area contributed by atoms with Gasteiger partial charge in [0.15, 0.2) is 0 Å². The molecule has 0 atom stereocenters. The molecule has 1 aliphatic heterocycles. The van der Waals surface area contributed by atoms with Gasteiger partial charge in [0.05, 0.1) is 6.67 Å². The Morgan fingerprint density at radius 3 is 2.32 bits per heavy atom. The molecule has 0 amide bonds. The van der Waals surface area contributed by atoms with Gasteiger partial charge in [-0.2, -0.15) is 0 Å². The minimum atomic E-state index is 0.994. The van der Waals surface area contributed by atoms with Crippen LogP contribution in [0.3, 0.4) is 0 Å².